The number of aliphatic hydroxyl groups is 1. The van der Waals surface area contributed by atoms with E-state index in [0.717, 1.165) is 4.47 Å². The third-order valence-corrected chi connectivity index (χ3v) is 6.28. The number of hydrogen-bond acceptors (Lipinski definition) is 4. The number of hydrogen-bond donors (Lipinski definition) is 2. The first-order valence-electron chi connectivity index (χ1n) is 7.59. The molecule has 0 aromatic heterocycles. The molecular weight excluding hydrogens is 384 g/mol. The fourth-order valence-electron chi connectivity index (χ4n) is 2.57. The van der Waals surface area contributed by atoms with Gasteiger partial charge in [-0.3, -0.25) is 4.79 Å². The van der Waals surface area contributed by atoms with Gasteiger partial charge in [-0.25, -0.2) is 8.42 Å². The summed E-state index contributed by atoms with van der Waals surface area (Å²) >= 11 is 3.28. The predicted molar refractivity (Wildman–Crippen MR) is 90.3 cm³/mol. The smallest absolute Gasteiger partial charge is 0.243 e. The van der Waals surface area contributed by atoms with Crippen LogP contribution in [0.5, 0.6) is 0 Å². The Morgan fingerprint density at radius 1 is 1.35 bits per heavy atom. The molecule has 0 atom stereocenters. The molecule has 1 aliphatic heterocycles. The van der Waals surface area contributed by atoms with Gasteiger partial charge in [-0.1, -0.05) is 22.0 Å². The van der Waals surface area contributed by atoms with E-state index in [2.05, 4.69) is 21.2 Å². The Morgan fingerprint density at radius 2 is 2.04 bits per heavy atom. The van der Waals surface area contributed by atoms with Crippen LogP contribution in [0, 0.1) is 5.92 Å². The predicted octanol–water partition coefficient (Wildman–Crippen LogP) is 1.35. The van der Waals surface area contributed by atoms with Crippen molar-refractivity contribution < 1.29 is 18.3 Å². The molecule has 128 valence electrons. The molecule has 1 heterocycles. The minimum absolute atomic E-state index is 0.0452. The quantitative estimate of drug-likeness (QED) is 0.700. The first kappa shape index (κ1) is 18.4. The minimum atomic E-state index is -3.52. The van der Waals surface area contributed by atoms with Crippen molar-refractivity contribution in [3.8, 4) is 0 Å². The largest absolute Gasteiger partial charge is 0.396 e. The fraction of sp³-hybridized carbons (Fsp3) is 0.533. The number of carbonyl (C=O) groups excluding carboxylic acids is 1. The highest BCUT2D eigenvalue weighted by molar-refractivity contribution is 9.10. The summed E-state index contributed by atoms with van der Waals surface area (Å²) in [7, 11) is -3.52. The number of benzene rings is 1. The van der Waals surface area contributed by atoms with E-state index in [-0.39, 0.29) is 23.3 Å². The summed E-state index contributed by atoms with van der Waals surface area (Å²) in [5, 5.41) is 11.5. The molecule has 1 saturated heterocycles. The molecule has 0 aliphatic carbocycles. The molecule has 1 aromatic carbocycles. The van der Waals surface area contributed by atoms with Crippen LogP contribution < -0.4 is 5.32 Å². The zero-order chi connectivity index (χ0) is 16.9. The van der Waals surface area contributed by atoms with Crippen LogP contribution in [0.2, 0.25) is 0 Å². The van der Waals surface area contributed by atoms with E-state index in [1.807, 2.05) is 0 Å². The lowest BCUT2D eigenvalue weighted by molar-refractivity contribution is -0.126. The Morgan fingerprint density at radius 3 is 2.65 bits per heavy atom. The molecule has 23 heavy (non-hydrogen) atoms. The van der Waals surface area contributed by atoms with Gasteiger partial charge in [-0.2, -0.15) is 4.31 Å². The monoisotopic (exact) mass is 404 g/mol. The van der Waals surface area contributed by atoms with Crippen LogP contribution in [0.3, 0.4) is 0 Å². The standard InChI is InChI=1S/C15H21BrN2O4S/c16-13-3-1-4-14(11-13)23(21,22)18-8-5-12(6-9-18)15(20)17-7-2-10-19/h1,3-4,11-12,19H,2,5-10H2,(H,17,20). The molecule has 0 unspecified atom stereocenters. The van der Waals surface area contributed by atoms with Gasteiger partial charge in [0.1, 0.15) is 0 Å². The third kappa shape index (κ3) is 4.76. The van der Waals surface area contributed by atoms with Gasteiger partial charge in [0.25, 0.3) is 0 Å². The molecule has 0 saturated carbocycles. The second kappa shape index (κ2) is 8.23. The molecule has 0 bridgehead atoms. The summed E-state index contributed by atoms with van der Waals surface area (Å²) < 4.78 is 27.4. The van der Waals surface area contributed by atoms with Crippen molar-refractivity contribution in [2.75, 3.05) is 26.2 Å². The number of aliphatic hydroxyl groups excluding tert-OH is 1. The molecule has 8 heteroatoms. The van der Waals surface area contributed by atoms with Gasteiger partial charge in [-0.05, 0) is 37.5 Å². The highest BCUT2D eigenvalue weighted by atomic mass is 79.9. The molecule has 1 aromatic rings. The topological polar surface area (TPSA) is 86.7 Å². The zero-order valence-corrected chi connectivity index (χ0v) is 15.1. The first-order chi connectivity index (χ1) is 10.9. The Hall–Kier alpha value is -0.960. The molecule has 1 aliphatic rings. The Labute approximate surface area is 145 Å². The van der Waals surface area contributed by atoms with Crippen LogP contribution in [-0.4, -0.2) is 50.0 Å². The summed E-state index contributed by atoms with van der Waals surface area (Å²) in [5.41, 5.74) is 0. The Bertz CT molecular complexity index is 643. The van der Waals surface area contributed by atoms with Gasteiger partial charge in [0.2, 0.25) is 15.9 Å². The van der Waals surface area contributed by atoms with Crippen LogP contribution in [0.1, 0.15) is 19.3 Å². The molecule has 6 nitrogen and oxygen atoms in total. The van der Waals surface area contributed by atoms with E-state index in [9.17, 15) is 13.2 Å². The lowest BCUT2D eigenvalue weighted by Gasteiger charge is -2.30. The van der Waals surface area contributed by atoms with Crippen LogP contribution in [0.25, 0.3) is 0 Å². The number of halogens is 1. The van der Waals surface area contributed by atoms with Gasteiger partial charge < -0.3 is 10.4 Å². The van der Waals surface area contributed by atoms with Crippen molar-refractivity contribution in [3.05, 3.63) is 28.7 Å². The van der Waals surface area contributed by atoms with Crippen molar-refractivity contribution in [1.29, 1.82) is 0 Å². The van der Waals surface area contributed by atoms with Gasteiger partial charge >= 0.3 is 0 Å². The average Bonchev–Trinajstić information content (AvgIpc) is 2.55. The van der Waals surface area contributed by atoms with E-state index in [1.165, 1.54) is 4.31 Å². The summed E-state index contributed by atoms with van der Waals surface area (Å²) in [6.45, 7) is 1.18. The highest BCUT2D eigenvalue weighted by Gasteiger charge is 2.31. The maximum atomic E-state index is 12.6. The molecule has 1 fully saturated rings. The van der Waals surface area contributed by atoms with Gasteiger partial charge in [0.15, 0.2) is 0 Å². The SMILES string of the molecule is O=C(NCCCO)C1CCN(S(=O)(=O)c2cccc(Br)c2)CC1. The van der Waals surface area contributed by atoms with Crippen LogP contribution in [0.15, 0.2) is 33.6 Å². The Kier molecular flexibility index (Phi) is 6.58. The Balaban J connectivity index is 1.94. The summed E-state index contributed by atoms with van der Waals surface area (Å²) in [6, 6.07) is 6.64. The molecule has 0 radical (unpaired) electrons. The second-order valence-electron chi connectivity index (χ2n) is 5.50. The molecular formula is C15H21BrN2O4S. The maximum absolute atomic E-state index is 12.6. The van der Waals surface area contributed by atoms with Gasteiger partial charge in [0, 0.05) is 36.6 Å². The van der Waals surface area contributed by atoms with Crippen molar-refractivity contribution in [1.82, 2.24) is 9.62 Å². The number of nitrogens with zero attached hydrogens (tertiary/aromatic N) is 1. The van der Waals surface area contributed by atoms with Crippen molar-refractivity contribution in [2.24, 2.45) is 5.92 Å². The first-order valence-corrected chi connectivity index (χ1v) is 9.82. The number of nitrogens with one attached hydrogen (secondary N) is 1. The van der Waals surface area contributed by atoms with E-state index in [0.29, 0.717) is 38.9 Å². The summed E-state index contributed by atoms with van der Waals surface area (Å²) in [6.07, 6.45) is 1.55. The molecule has 2 rings (SSSR count). The third-order valence-electron chi connectivity index (χ3n) is 3.89. The fourth-order valence-corrected chi connectivity index (χ4v) is 4.64. The van der Waals surface area contributed by atoms with E-state index in [4.69, 9.17) is 5.11 Å². The lowest BCUT2D eigenvalue weighted by Crippen LogP contribution is -2.43. The molecule has 2 N–H and O–H groups in total. The van der Waals surface area contributed by atoms with E-state index in [1.54, 1.807) is 24.3 Å². The lowest BCUT2D eigenvalue weighted by atomic mass is 9.97. The second-order valence-corrected chi connectivity index (χ2v) is 8.36. The van der Waals surface area contributed by atoms with Crippen LogP contribution >= 0.6 is 15.9 Å². The number of rotatable bonds is 6. The zero-order valence-electron chi connectivity index (χ0n) is 12.7. The van der Waals surface area contributed by atoms with Crippen LogP contribution in [-0.2, 0) is 14.8 Å². The summed E-state index contributed by atoms with van der Waals surface area (Å²) in [4.78, 5) is 12.2. The average molecular weight is 405 g/mol. The molecule has 0 spiro atoms. The number of carbonyl (C=O) groups is 1. The number of amides is 1. The van der Waals surface area contributed by atoms with Gasteiger partial charge in [-0.15, -0.1) is 0 Å². The van der Waals surface area contributed by atoms with E-state index < -0.39 is 10.0 Å². The van der Waals surface area contributed by atoms with Gasteiger partial charge in [0.05, 0.1) is 4.90 Å². The van der Waals surface area contributed by atoms with Crippen molar-refractivity contribution in [2.45, 2.75) is 24.2 Å². The molecule has 1 amide bonds. The van der Waals surface area contributed by atoms with E-state index >= 15 is 0 Å². The number of sulfonamides is 1. The highest BCUT2D eigenvalue weighted by Crippen LogP contribution is 2.25. The van der Waals surface area contributed by atoms with Crippen molar-refractivity contribution >= 4 is 31.9 Å². The maximum Gasteiger partial charge on any atom is 0.243 e. The summed E-state index contributed by atoms with van der Waals surface area (Å²) in [5.74, 6) is -0.222. The van der Waals surface area contributed by atoms with Crippen molar-refractivity contribution in [3.63, 3.8) is 0 Å². The van der Waals surface area contributed by atoms with Crippen LogP contribution in [0.4, 0.5) is 0 Å². The minimum Gasteiger partial charge on any atom is -0.396 e. The number of piperidine rings is 1. The normalized spacial score (nSPS) is 17.1.